The number of nitrogens with zero attached hydrogens (tertiary/aromatic N) is 4. The van der Waals surface area contributed by atoms with Gasteiger partial charge in [-0.3, -0.25) is 14.7 Å². The van der Waals surface area contributed by atoms with Gasteiger partial charge in [-0.15, -0.1) is 10.2 Å². The van der Waals surface area contributed by atoms with Crippen LogP contribution in [-0.2, 0) is 9.53 Å². The standard InChI is InChI=1S/C20H28N6O3S/c1-15-6-8-16(9-7-15)26-19(25-11-4-3-5-12-25)23-24-20(26)30-14-17(27)22-18(28)21-10-13-29-2/h6-9H,3-5,10-14H2,1-2H3,(H2,21,22,27,28). The summed E-state index contributed by atoms with van der Waals surface area (Å²) < 4.78 is 6.85. The third kappa shape index (κ3) is 5.96. The fourth-order valence-corrected chi connectivity index (χ4v) is 3.92. The maximum absolute atomic E-state index is 12.2. The molecular weight excluding hydrogens is 404 g/mol. The molecule has 0 radical (unpaired) electrons. The molecule has 2 heterocycles. The molecular formula is C20H28N6O3S. The molecule has 0 bridgehead atoms. The van der Waals surface area contributed by atoms with Crippen molar-refractivity contribution < 1.29 is 14.3 Å². The van der Waals surface area contributed by atoms with Crippen LogP contribution in [0.5, 0.6) is 0 Å². The van der Waals surface area contributed by atoms with Crippen LogP contribution in [0.3, 0.4) is 0 Å². The fraction of sp³-hybridized carbons (Fsp3) is 0.500. The molecule has 0 unspecified atom stereocenters. The molecule has 2 N–H and O–H groups in total. The third-order valence-electron chi connectivity index (χ3n) is 4.72. The number of benzene rings is 1. The van der Waals surface area contributed by atoms with E-state index >= 15 is 0 Å². The van der Waals surface area contributed by atoms with E-state index in [1.807, 2.05) is 35.8 Å². The first-order chi connectivity index (χ1) is 14.6. The Morgan fingerprint density at radius 1 is 1.13 bits per heavy atom. The second-order valence-corrected chi connectivity index (χ2v) is 8.03. The minimum absolute atomic E-state index is 0.0572. The molecule has 3 amide bonds. The highest BCUT2D eigenvalue weighted by atomic mass is 32.2. The van der Waals surface area contributed by atoms with Gasteiger partial charge in [-0.2, -0.15) is 0 Å². The number of amides is 3. The number of imide groups is 1. The molecule has 30 heavy (non-hydrogen) atoms. The Hall–Kier alpha value is -2.59. The van der Waals surface area contributed by atoms with Crippen LogP contribution in [0, 0.1) is 6.92 Å². The molecule has 1 aliphatic rings. The summed E-state index contributed by atoms with van der Waals surface area (Å²) in [6.45, 7) is 4.64. The highest BCUT2D eigenvalue weighted by Gasteiger charge is 2.22. The van der Waals surface area contributed by atoms with Gasteiger partial charge in [-0.1, -0.05) is 29.5 Å². The van der Waals surface area contributed by atoms with E-state index in [1.165, 1.54) is 23.7 Å². The smallest absolute Gasteiger partial charge is 0.321 e. The number of ether oxygens (including phenoxy) is 1. The van der Waals surface area contributed by atoms with Gasteiger partial charge < -0.3 is 15.0 Å². The second kappa shape index (κ2) is 11.0. The van der Waals surface area contributed by atoms with Crippen LogP contribution < -0.4 is 15.5 Å². The number of urea groups is 1. The van der Waals surface area contributed by atoms with Crippen molar-refractivity contribution in [1.82, 2.24) is 25.4 Å². The lowest BCUT2D eigenvalue weighted by atomic mass is 10.1. The first-order valence-electron chi connectivity index (χ1n) is 10.1. The third-order valence-corrected chi connectivity index (χ3v) is 5.65. The van der Waals surface area contributed by atoms with Crippen molar-refractivity contribution in [2.24, 2.45) is 0 Å². The second-order valence-electron chi connectivity index (χ2n) is 7.09. The Morgan fingerprint density at radius 3 is 2.57 bits per heavy atom. The van der Waals surface area contributed by atoms with Gasteiger partial charge in [-0.05, 0) is 38.3 Å². The zero-order chi connectivity index (χ0) is 21.3. The van der Waals surface area contributed by atoms with Gasteiger partial charge in [0.1, 0.15) is 0 Å². The quantitative estimate of drug-likeness (QED) is 0.487. The normalized spacial score (nSPS) is 13.9. The number of piperidine rings is 1. The number of hydrogen-bond donors (Lipinski definition) is 2. The Bertz CT molecular complexity index is 849. The largest absolute Gasteiger partial charge is 0.383 e. The van der Waals surface area contributed by atoms with Crippen molar-refractivity contribution in [3.05, 3.63) is 29.8 Å². The SMILES string of the molecule is COCCNC(=O)NC(=O)CSc1nnc(N2CCCCC2)n1-c1ccc(C)cc1. The number of aromatic nitrogens is 3. The van der Waals surface area contributed by atoms with E-state index in [-0.39, 0.29) is 5.75 Å². The van der Waals surface area contributed by atoms with Gasteiger partial charge in [0.2, 0.25) is 11.9 Å². The first-order valence-corrected chi connectivity index (χ1v) is 11.0. The molecule has 10 heteroatoms. The average Bonchev–Trinajstić information content (AvgIpc) is 3.17. The van der Waals surface area contributed by atoms with E-state index in [2.05, 4.69) is 25.7 Å². The minimum atomic E-state index is -0.536. The predicted molar refractivity (Wildman–Crippen MR) is 116 cm³/mol. The summed E-state index contributed by atoms with van der Waals surface area (Å²) >= 11 is 1.26. The van der Waals surface area contributed by atoms with Crippen LogP contribution in [0.2, 0.25) is 0 Å². The lowest BCUT2D eigenvalue weighted by molar-refractivity contribution is -0.117. The molecule has 162 valence electrons. The average molecular weight is 433 g/mol. The summed E-state index contributed by atoms with van der Waals surface area (Å²) in [6, 6.07) is 7.60. The van der Waals surface area contributed by atoms with Crippen LogP contribution in [0.1, 0.15) is 24.8 Å². The number of hydrogen-bond acceptors (Lipinski definition) is 7. The van der Waals surface area contributed by atoms with Crippen LogP contribution in [0.15, 0.2) is 29.4 Å². The number of carbonyl (C=O) groups is 2. The Morgan fingerprint density at radius 2 is 1.87 bits per heavy atom. The van der Waals surface area contributed by atoms with Crippen molar-refractivity contribution >= 4 is 29.6 Å². The molecule has 1 fully saturated rings. The molecule has 2 aromatic rings. The van der Waals surface area contributed by atoms with Crippen LogP contribution in [0.25, 0.3) is 5.69 Å². The Kier molecular flexibility index (Phi) is 8.09. The van der Waals surface area contributed by atoms with E-state index < -0.39 is 11.9 Å². The number of carbonyl (C=O) groups excluding carboxylic acids is 2. The maximum atomic E-state index is 12.2. The highest BCUT2D eigenvalue weighted by molar-refractivity contribution is 7.99. The van der Waals surface area contributed by atoms with Crippen molar-refractivity contribution in [3.63, 3.8) is 0 Å². The van der Waals surface area contributed by atoms with Gasteiger partial charge in [0, 0.05) is 26.7 Å². The number of nitrogens with one attached hydrogen (secondary N) is 2. The molecule has 9 nitrogen and oxygen atoms in total. The number of aryl methyl sites for hydroxylation is 1. The minimum Gasteiger partial charge on any atom is -0.383 e. The summed E-state index contributed by atoms with van der Waals surface area (Å²) in [5, 5.41) is 14.2. The molecule has 0 spiro atoms. The number of thioether (sulfide) groups is 1. The van der Waals surface area contributed by atoms with E-state index in [9.17, 15) is 9.59 Å². The van der Waals surface area contributed by atoms with Gasteiger partial charge >= 0.3 is 6.03 Å². The van der Waals surface area contributed by atoms with Crippen LogP contribution in [-0.4, -0.2) is 65.8 Å². The molecule has 1 aromatic heterocycles. The van der Waals surface area contributed by atoms with E-state index in [4.69, 9.17) is 4.74 Å². The summed E-state index contributed by atoms with van der Waals surface area (Å²) in [5.74, 6) is 0.452. The van der Waals surface area contributed by atoms with Gasteiger partial charge in [0.15, 0.2) is 5.16 Å². The van der Waals surface area contributed by atoms with Crippen molar-refractivity contribution in [3.8, 4) is 5.69 Å². The molecule has 0 aliphatic carbocycles. The fourth-order valence-electron chi connectivity index (χ4n) is 3.18. The molecule has 0 atom stereocenters. The molecule has 0 saturated carbocycles. The molecule has 1 saturated heterocycles. The van der Waals surface area contributed by atoms with E-state index in [0.717, 1.165) is 37.6 Å². The summed E-state index contributed by atoms with van der Waals surface area (Å²) in [6.07, 6.45) is 3.48. The number of rotatable bonds is 8. The van der Waals surface area contributed by atoms with Crippen LogP contribution >= 0.6 is 11.8 Å². The van der Waals surface area contributed by atoms with Crippen molar-refractivity contribution in [2.45, 2.75) is 31.3 Å². The lowest BCUT2D eigenvalue weighted by Crippen LogP contribution is -2.41. The van der Waals surface area contributed by atoms with Crippen LogP contribution in [0.4, 0.5) is 10.7 Å². The predicted octanol–water partition coefficient (Wildman–Crippen LogP) is 2.13. The lowest BCUT2D eigenvalue weighted by Gasteiger charge is -2.27. The maximum Gasteiger partial charge on any atom is 0.321 e. The zero-order valence-electron chi connectivity index (χ0n) is 17.4. The number of methoxy groups -OCH3 is 1. The topological polar surface area (TPSA) is 101 Å². The Labute approximate surface area is 180 Å². The molecule has 1 aromatic carbocycles. The molecule has 3 rings (SSSR count). The zero-order valence-corrected chi connectivity index (χ0v) is 18.2. The van der Waals surface area contributed by atoms with Crippen molar-refractivity contribution in [1.29, 1.82) is 0 Å². The van der Waals surface area contributed by atoms with Gasteiger partial charge in [0.25, 0.3) is 0 Å². The molecule has 1 aliphatic heterocycles. The number of anilines is 1. The summed E-state index contributed by atoms with van der Waals surface area (Å²) in [5.41, 5.74) is 2.12. The van der Waals surface area contributed by atoms with Crippen molar-refractivity contribution in [2.75, 3.05) is 44.0 Å². The van der Waals surface area contributed by atoms with Gasteiger partial charge in [-0.25, -0.2) is 4.79 Å². The first kappa shape index (κ1) is 22.1. The highest BCUT2D eigenvalue weighted by Crippen LogP contribution is 2.28. The Balaban J connectivity index is 1.71. The monoisotopic (exact) mass is 432 g/mol. The van der Waals surface area contributed by atoms with E-state index in [1.54, 1.807) is 7.11 Å². The van der Waals surface area contributed by atoms with E-state index in [0.29, 0.717) is 18.3 Å². The summed E-state index contributed by atoms with van der Waals surface area (Å²) in [4.78, 5) is 26.1. The summed E-state index contributed by atoms with van der Waals surface area (Å²) in [7, 11) is 1.55. The van der Waals surface area contributed by atoms with Gasteiger partial charge in [0.05, 0.1) is 18.0 Å².